The van der Waals surface area contributed by atoms with Gasteiger partial charge in [0.25, 0.3) is 0 Å². The average Bonchev–Trinajstić information content (AvgIpc) is 3.16. The molecule has 2 fully saturated rings. The van der Waals surface area contributed by atoms with E-state index in [1.54, 1.807) is 0 Å². The van der Waals surface area contributed by atoms with E-state index in [-0.39, 0.29) is 18.1 Å². The number of aryl methyl sites for hydroxylation is 2. The van der Waals surface area contributed by atoms with E-state index in [1.165, 1.54) is 16.7 Å². The molecule has 0 atom stereocenters. The molecule has 1 N–H and O–H groups in total. The number of piperidine rings is 1. The van der Waals surface area contributed by atoms with Crippen molar-refractivity contribution < 1.29 is 9.59 Å². The monoisotopic (exact) mass is 420 g/mol. The second-order valence-corrected chi connectivity index (χ2v) is 8.58. The SMILES string of the molecule is CCc1ccc(NC(=O)N2CCC(N3CCN(Cc4ccc(C)cc4)C3=O)CC2)cc1. The second-order valence-electron chi connectivity index (χ2n) is 8.58. The van der Waals surface area contributed by atoms with Crippen molar-refractivity contribution in [1.29, 1.82) is 0 Å². The van der Waals surface area contributed by atoms with E-state index in [9.17, 15) is 9.59 Å². The van der Waals surface area contributed by atoms with Gasteiger partial charge < -0.3 is 20.0 Å². The van der Waals surface area contributed by atoms with Crippen LogP contribution in [-0.2, 0) is 13.0 Å². The summed E-state index contributed by atoms with van der Waals surface area (Å²) in [5.41, 5.74) is 4.47. The van der Waals surface area contributed by atoms with Gasteiger partial charge in [0.1, 0.15) is 0 Å². The van der Waals surface area contributed by atoms with Crippen LogP contribution in [0.1, 0.15) is 36.5 Å². The maximum atomic E-state index is 12.9. The summed E-state index contributed by atoms with van der Waals surface area (Å²) >= 11 is 0. The van der Waals surface area contributed by atoms with Gasteiger partial charge in [-0.1, -0.05) is 48.9 Å². The first-order valence-corrected chi connectivity index (χ1v) is 11.3. The summed E-state index contributed by atoms with van der Waals surface area (Å²) in [5, 5.41) is 2.99. The largest absolute Gasteiger partial charge is 0.324 e. The van der Waals surface area contributed by atoms with Crippen molar-refractivity contribution in [3.8, 4) is 0 Å². The van der Waals surface area contributed by atoms with Crippen molar-refractivity contribution in [2.75, 3.05) is 31.5 Å². The number of nitrogens with one attached hydrogen (secondary N) is 1. The van der Waals surface area contributed by atoms with E-state index >= 15 is 0 Å². The zero-order valence-corrected chi connectivity index (χ0v) is 18.5. The Morgan fingerprint density at radius 1 is 0.935 bits per heavy atom. The lowest BCUT2D eigenvalue weighted by Crippen LogP contribution is -2.49. The quantitative estimate of drug-likeness (QED) is 0.775. The van der Waals surface area contributed by atoms with Gasteiger partial charge in [-0.15, -0.1) is 0 Å². The maximum Gasteiger partial charge on any atom is 0.321 e. The van der Waals surface area contributed by atoms with E-state index in [1.807, 2.05) is 39.0 Å². The lowest BCUT2D eigenvalue weighted by Gasteiger charge is -2.36. The van der Waals surface area contributed by atoms with Crippen LogP contribution in [0.5, 0.6) is 0 Å². The molecule has 0 saturated carbocycles. The van der Waals surface area contributed by atoms with E-state index in [2.05, 4.69) is 43.4 Å². The molecule has 2 heterocycles. The standard InChI is InChI=1S/C25H32N4O2/c1-3-20-8-10-22(11-9-20)26-24(30)27-14-12-23(13-15-27)29-17-16-28(25(29)31)18-21-6-4-19(2)5-7-21/h4-11,23H,3,12-18H2,1-2H3,(H,26,30). The summed E-state index contributed by atoms with van der Waals surface area (Å²) in [5.74, 6) is 0. The molecule has 164 valence electrons. The van der Waals surface area contributed by atoms with Gasteiger partial charge in [0, 0.05) is 44.5 Å². The van der Waals surface area contributed by atoms with Crippen LogP contribution in [-0.4, -0.2) is 59.0 Å². The van der Waals surface area contributed by atoms with Gasteiger partial charge in [0.05, 0.1) is 0 Å². The van der Waals surface area contributed by atoms with Crippen LogP contribution < -0.4 is 5.32 Å². The fourth-order valence-electron chi connectivity index (χ4n) is 4.41. The molecule has 2 aliphatic heterocycles. The minimum absolute atomic E-state index is 0.0588. The van der Waals surface area contributed by atoms with Gasteiger partial charge in [-0.25, -0.2) is 9.59 Å². The molecular weight excluding hydrogens is 388 g/mol. The Morgan fingerprint density at radius 2 is 1.58 bits per heavy atom. The Bertz CT molecular complexity index is 902. The smallest absolute Gasteiger partial charge is 0.321 e. The number of benzene rings is 2. The summed E-state index contributed by atoms with van der Waals surface area (Å²) in [6, 6.07) is 16.6. The molecule has 0 spiro atoms. The zero-order chi connectivity index (χ0) is 21.8. The molecule has 0 aromatic heterocycles. The van der Waals surface area contributed by atoms with E-state index in [4.69, 9.17) is 0 Å². The van der Waals surface area contributed by atoms with E-state index in [0.717, 1.165) is 38.0 Å². The molecule has 0 unspecified atom stereocenters. The van der Waals surface area contributed by atoms with Crippen LogP contribution in [0.3, 0.4) is 0 Å². The Hall–Kier alpha value is -3.02. The Balaban J connectivity index is 1.26. The van der Waals surface area contributed by atoms with Crippen molar-refractivity contribution in [3.05, 3.63) is 65.2 Å². The third-order valence-corrected chi connectivity index (χ3v) is 6.43. The Labute approximate surface area is 184 Å². The fourth-order valence-corrected chi connectivity index (χ4v) is 4.41. The lowest BCUT2D eigenvalue weighted by atomic mass is 10.0. The number of rotatable bonds is 5. The van der Waals surface area contributed by atoms with Gasteiger partial charge in [-0.05, 0) is 49.4 Å². The van der Waals surface area contributed by atoms with Crippen LogP contribution >= 0.6 is 0 Å². The highest BCUT2D eigenvalue weighted by Gasteiger charge is 2.35. The highest BCUT2D eigenvalue weighted by Crippen LogP contribution is 2.23. The van der Waals surface area contributed by atoms with Gasteiger partial charge in [0.15, 0.2) is 0 Å². The number of carbonyl (C=O) groups is 2. The number of nitrogens with zero attached hydrogens (tertiary/aromatic N) is 3. The summed E-state index contributed by atoms with van der Waals surface area (Å²) < 4.78 is 0. The highest BCUT2D eigenvalue weighted by molar-refractivity contribution is 5.89. The van der Waals surface area contributed by atoms with Gasteiger partial charge in [0.2, 0.25) is 0 Å². The molecule has 31 heavy (non-hydrogen) atoms. The minimum Gasteiger partial charge on any atom is -0.324 e. The van der Waals surface area contributed by atoms with E-state index in [0.29, 0.717) is 19.6 Å². The van der Waals surface area contributed by atoms with Gasteiger partial charge in [-0.3, -0.25) is 0 Å². The number of amides is 4. The maximum absolute atomic E-state index is 12.9. The van der Waals surface area contributed by atoms with Crippen molar-refractivity contribution in [1.82, 2.24) is 14.7 Å². The zero-order valence-electron chi connectivity index (χ0n) is 18.5. The Morgan fingerprint density at radius 3 is 2.23 bits per heavy atom. The molecule has 6 heteroatoms. The number of hydrogen-bond acceptors (Lipinski definition) is 2. The second kappa shape index (κ2) is 9.41. The van der Waals surface area contributed by atoms with Crippen LogP contribution in [0.15, 0.2) is 48.5 Å². The van der Waals surface area contributed by atoms with Crippen LogP contribution in [0.25, 0.3) is 0 Å². The molecule has 2 saturated heterocycles. The molecule has 4 rings (SSSR count). The third kappa shape index (κ3) is 5.01. The number of hydrogen-bond donors (Lipinski definition) is 1. The summed E-state index contributed by atoms with van der Waals surface area (Å²) in [6.45, 7) is 7.72. The van der Waals surface area contributed by atoms with Crippen LogP contribution in [0.4, 0.5) is 15.3 Å². The first kappa shape index (κ1) is 21.2. The first-order chi connectivity index (χ1) is 15.0. The molecule has 2 aromatic rings. The summed E-state index contributed by atoms with van der Waals surface area (Å²) in [6.07, 6.45) is 2.64. The van der Waals surface area contributed by atoms with Crippen molar-refractivity contribution in [2.45, 2.75) is 45.7 Å². The molecule has 0 aliphatic carbocycles. The normalized spacial score (nSPS) is 17.4. The van der Waals surface area contributed by atoms with E-state index < -0.39 is 0 Å². The Kier molecular flexibility index (Phi) is 6.44. The predicted octanol–water partition coefficient (Wildman–Crippen LogP) is 4.49. The molecule has 2 aliphatic rings. The van der Waals surface area contributed by atoms with Gasteiger partial charge >= 0.3 is 12.1 Å². The summed E-state index contributed by atoms with van der Waals surface area (Å²) in [4.78, 5) is 31.4. The fraction of sp³-hybridized carbons (Fsp3) is 0.440. The topological polar surface area (TPSA) is 55.9 Å². The van der Waals surface area contributed by atoms with Crippen LogP contribution in [0.2, 0.25) is 0 Å². The average molecular weight is 421 g/mol. The molecule has 4 amide bonds. The molecule has 0 bridgehead atoms. The first-order valence-electron chi connectivity index (χ1n) is 11.3. The minimum atomic E-state index is -0.0588. The van der Waals surface area contributed by atoms with Crippen molar-refractivity contribution in [3.63, 3.8) is 0 Å². The van der Waals surface area contributed by atoms with Crippen LogP contribution in [0, 0.1) is 6.92 Å². The number of urea groups is 2. The highest BCUT2D eigenvalue weighted by atomic mass is 16.2. The number of carbonyl (C=O) groups excluding carboxylic acids is 2. The number of likely N-dealkylation sites (tertiary alicyclic amines) is 1. The molecule has 2 aromatic carbocycles. The third-order valence-electron chi connectivity index (χ3n) is 6.43. The predicted molar refractivity (Wildman–Crippen MR) is 123 cm³/mol. The number of anilines is 1. The molecule has 0 radical (unpaired) electrons. The molecule has 6 nitrogen and oxygen atoms in total. The summed E-state index contributed by atoms with van der Waals surface area (Å²) in [7, 11) is 0. The molecular formula is C25H32N4O2. The van der Waals surface area contributed by atoms with Gasteiger partial charge in [-0.2, -0.15) is 0 Å². The lowest BCUT2D eigenvalue weighted by molar-refractivity contribution is 0.139. The van der Waals surface area contributed by atoms with Crippen molar-refractivity contribution >= 4 is 17.7 Å². The van der Waals surface area contributed by atoms with Crippen molar-refractivity contribution in [2.24, 2.45) is 0 Å².